The van der Waals surface area contributed by atoms with Crippen LogP contribution in [0.15, 0.2) is 18.3 Å². The third kappa shape index (κ3) is 3.52. The van der Waals surface area contributed by atoms with Crippen molar-refractivity contribution in [3.8, 4) is 0 Å². The Kier molecular flexibility index (Phi) is 5.44. The van der Waals surface area contributed by atoms with E-state index in [1.807, 2.05) is 33.0 Å². The monoisotopic (exact) mass is 373 g/mol. The van der Waals surface area contributed by atoms with Crippen molar-refractivity contribution in [1.82, 2.24) is 19.6 Å². The number of anilines is 2. The smallest absolute Gasteiger partial charge is 0.232 e. The van der Waals surface area contributed by atoms with Gasteiger partial charge in [-0.15, -0.1) is 0 Å². The van der Waals surface area contributed by atoms with Crippen molar-refractivity contribution in [3.63, 3.8) is 0 Å². The van der Waals surface area contributed by atoms with Crippen LogP contribution >= 0.6 is 11.6 Å². The molecule has 0 bridgehead atoms. The number of aromatic nitrogens is 4. The van der Waals surface area contributed by atoms with Gasteiger partial charge in [0.2, 0.25) is 5.95 Å². The summed E-state index contributed by atoms with van der Waals surface area (Å²) in [5, 5.41) is 8.51. The van der Waals surface area contributed by atoms with E-state index in [0.717, 1.165) is 34.4 Å². The molecular formula is C19H24ClN5O. The lowest BCUT2D eigenvalue weighted by Crippen LogP contribution is -2.09. The van der Waals surface area contributed by atoms with Crippen molar-refractivity contribution >= 4 is 28.9 Å². The Morgan fingerprint density at radius 2 is 2.00 bits per heavy atom. The minimum Gasteiger partial charge on any atom is -0.384 e. The molecule has 0 aliphatic carbocycles. The molecule has 3 rings (SSSR count). The molecule has 3 aromatic rings. The zero-order valence-electron chi connectivity index (χ0n) is 15.8. The fourth-order valence-electron chi connectivity index (χ4n) is 3.18. The number of hydrogen-bond acceptors (Lipinski definition) is 5. The predicted molar refractivity (Wildman–Crippen MR) is 105 cm³/mol. The van der Waals surface area contributed by atoms with Gasteiger partial charge in [-0.3, -0.25) is 0 Å². The normalized spacial score (nSPS) is 12.5. The highest BCUT2D eigenvalue weighted by molar-refractivity contribution is 6.33. The molecule has 138 valence electrons. The number of rotatable bonds is 6. The van der Waals surface area contributed by atoms with Gasteiger partial charge >= 0.3 is 0 Å². The van der Waals surface area contributed by atoms with Crippen LogP contribution in [-0.2, 0) is 4.74 Å². The van der Waals surface area contributed by atoms with Crippen LogP contribution in [0.3, 0.4) is 0 Å². The minimum atomic E-state index is 0.240. The SMILES string of the molecule is CCC(COC)c1cnn2c(Nc3c(C)cc(C)cc3Cl)nc(C)nc12. The van der Waals surface area contributed by atoms with E-state index in [1.54, 1.807) is 11.6 Å². The van der Waals surface area contributed by atoms with Crippen LogP contribution in [0.2, 0.25) is 5.02 Å². The van der Waals surface area contributed by atoms with E-state index in [2.05, 4.69) is 33.4 Å². The summed E-state index contributed by atoms with van der Waals surface area (Å²) in [7, 11) is 1.71. The van der Waals surface area contributed by atoms with Crippen molar-refractivity contribution in [2.75, 3.05) is 19.0 Å². The Morgan fingerprint density at radius 3 is 2.65 bits per heavy atom. The first kappa shape index (κ1) is 18.6. The number of nitrogens with zero attached hydrogens (tertiary/aromatic N) is 4. The maximum Gasteiger partial charge on any atom is 0.232 e. The number of aryl methyl sites for hydroxylation is 3. The second-order valence-electron chi connectivity index (χ2n) is 6.55. The van der Waals surface area contributed by atoms with Crippen LogP contribution in [0.4, 0.5) is 11.6 Å². The van der Waals surface area contributed by atoms with Gasteiger partial charge in [-0.05, 0) is 44.4 Å². The maximum atomic E-state index is 6.44. The van der Waals surface area contributed by atoms with Gasteiger partial charge in [0.1, 0.15) is 5.82 Å². The summed E-state index contributed by atoms with van der Waals surface area (Å²) in [6, 6.07) is 4.02. The van der Waals surface area contributed by atoms with Crippen LogP contribution in [0, 0.1) is 20.8 Å². The van der Waals surface area contributed by atoms with Gasteiger partial charge < -0.3 is 10.1 Å². The fraction of sp³-hybridized carbons (Fsp3) is 0.421. The first-order valence-corrected chi connectivity index (χ1v) is 9.07. The van der Waals surface area contributed by atoms with Crippen LogP contribution in [0.1, 0.15) is 41.8 Å². The summed E-state index contributed by atoms with van der Waals surface area (Å²) in [6.45, 7) is 8.69. The van der Waals surface area contributed by atoms with E-state index >= 15 is 0 Å². The molecule has 7 heteroatoms. The Balaban J connectivity index is 2.09. The minimum absolute atomic E-state index is 0.240. The van der Waals surface area contributed by atoms with E-state index in [1.165, 1.54) is 0 Å². The first-order valence-electron chi connectivity index (χ1n) is 8.69. The summed E-state index contributed by atoms with van der Waals surface area (Å²) in [5.74, 6) is 1.51. The lowest BCUT2D eigenvalue weighted by atomic mass is 10.0. The predicted octanol–water partition coefficient (Wildman–Crippen LogP) is 4.59. The molecule has 1 aromatic carbocycles. The highest BCUT2D eigenvalue weighted by Gasteiger charge is 2.19. The number of methoxy groups -OCH3 is 1. The number of halogens is 1. The van der Waals surface area contributed by atoms with E-state index in [4.69, 9.17) is 16.3 Å². The Bertz CT molecular complexity index is 914. The number of hydrogen-bond donors (Lipinski definition) is 1. The van der Waals surface area contributed by atoms with E-state index in [9.17, 15) is 0 Å². The van der Waals surface area contributed by atoms with Gasteiger partial charge in [-0.1, -0.05) is 24.6 Å². The van der Waals surface area contributed by atoms with Crippen LogP contribution in [0.25, 0.3) is 5.65 Å². The van der Waals surface area contributed by atoms with Crippen LogP contribution in [0.5, 0.6) is 0 Å². The molecule has 26 heavy (non-hydrogen) atoms. The quantitative estimate of drug-likeness (QED) is 0.684. The number of ether oxygens (including phenoxy) is 1. The largest absolute Gasteiger partial charge is 0.384 e. The Labute approximate surface area is 158 Å². The summed E-state index contributed by atoms with van der Waals surface area (Å²) in [4.78, 5) is 9.14. The van der Waals surface area contributed by atoms with E-state index < -0.39 is 0 Å². The van der Waals surface area contributed by atoms with Crippen molar-refractivity contribution in [3.05, 3.63) is 45.9 Å². The van der Waals surface area contributed by atoms with Gasteiger partial charge in [0.25, 0.3) is 0 Å². The summed E-state index contributed by atoms with van der Waals surface area (Å²) in [6.07, 6.45) is 2.80. The van der Waals surface area contributed by atoms with Gasteiger partial charge in [-0.2, -0.15) is 14.6 Å². The average molecular weight is 374 g/mol. The summed E-state index contributed by atoms with van der Waals surface area (Å²) in [5.41, 5.74) is 4.86. The number of fused-ring (bicyclic) bond motifs is 1. The highest BCUT2D eigenvalue weighted by Crippen LogP contribution is 2.31. The van der Waals surface area contributed by atoms with Crippen LogP contribution in [-0.4, -0.2) is 33.3 Å². The molecule has 1 atom stereocenters. The highest BCUT2D eigenvalue weighted by atomic mass is 35.5. The van der Waals surface area contributed by atoms with Gasteiger partial charge in [0.15, 0.2) is 5.65 Å². The molecule has 0 aliphatic heterocycles. The third-order valence-electron chi connectivity index (χ3n) is 4.48. The molecule has 0 fully saturated rings. The van der Waals surface area contributed by atoms with Crippen molar-refractivity contribution in [1.29, 1.82) is 0 Å². The first-order chi connectivity index (χ1) is 12.4. The second-order valence-corrected chi connectivity index (χ2v) is 6.96. The fourth-order valence-corrected chi connectivity index (χ4v) is 3.55. The lowest BCUT2D eigenvalue weighted by Gasteiger charge is -2.14. The molecule has 2 heterocycles. The number of nitrogens with one attached hydrogen (secondary N) is 1. The lowest BCUT2D eigenvalue weighted by molar-refractivity contribution is 0.178. The van der Waals surface area contributed by atoms with Gasteiger partial charge in [0, 0.05) is 18.6 Å². The van der Waals surface area contributed by atoms with Crippen molar-refractivity contribution in [2.24, 2.45) is 0 Å². The molecule has 0 aliphatic rings. The third-order valence-corrected chi connectivity index (χ3v) is 4.77. The molecule has 0 radical (unpaired) electrons. The van der Waals surface area contributed by atoms with Crippen molar-refractivity contribution < 1.29 is 4.74 Å². The topological polar surface area (TPSA) is 64.3 Å². The molecule has 6 nitrogen and oxygen atoms in total. The van der Waals surface area contributed by atoms with E-state index in [-0.39, 0.29) is 5.92 Å². The molecule has 0 spiro atoms. The Hall–Kier alpha value is -2.18. The van der Waals surface area contributed by atoms with Gasteiger partial charge in [-0.25, -0.2) is 4.98 Å². The molecular weight excluding hydrogens is 350 g/mol. The molecule has 1 unspecified atom stereocenters. The zero-order chi connectivity index (χ0) is 18.8. The Morgan fingerprint density at radius 1 is 1.23 bits per heavy atom. The summed E-state index contributed by atoms with van der Waals surface area (Å²) >= 11 is 6.44. The molecule has 1 N–H and O–H groups in total. The van der Waals surface area contributed by atoms with Crippen molar-refractivity contribution in [2.45, 2.75) is 40.0 Å². The molecule has 0 saturated heterocycles. The second kappa shape index (κ2) is 7.60. The van der Waals surface area contributed by atoms with Gasteiger partial charge in [0.05, 0.1) is 23.5 Å². The number of benzene rings is 1. The zero-order valence-corrected chi connectivity index (χ0v) is 16.6. The average Bonchev–Trinajstić information content (AvgIpc) is 2.99. The maximum absolute atomic E-state index is 6.44. The van der Waals surface area contributed by atoms with E-state index in [0.29, 0.717) is 23.4 Å². The molecule has 0 saturated carbocycles. The molecule has 2 aromatic heterocycles. The summed E-state index contributed by atoms with van der Waals surface area (Å²) < 4.78 is 7.09. The standard InChI is InChI=1S/C19H24ClN5O/c1-6-14(10-26-5)15-9-21-25-18(15)22-13(4)23-19(25)24-17-12(3)7-11(2)8-16(17)20/h7-9,14H,6,10H2,1-5H3,(H,22,23,24). The van der Waals surface area contributed by atoms with Crippen LogP contribution < -0.4 is 5.32 Å². The molecule has 0 amide bonds.